The average molecular weight is 371 g/mol. The van der Waals surface area contributed by atoms with Crippen LogP contribution in [0.1, 0.15) is 22.5 Å². The summed E-state index contributed by atoms with van der Waals surface area (Å²) in [4.78, 5) is 32.1. The van der Waals surface area contributed by atoms with Gasteiger partial charge in [0.05, 0.1) is 26.2 Å². The molecule has 2 heterocycles. The number of H-pyrrole nitrogens is 1. The van der Waals surface area contributed by atoms with Gasteiger partial charge >= 0.3 is 0 Å². The van der Waals surface area contributed by atoms with Crippen molar-refractivity contribution >= 4 is 11.8 Å². The van der Waals surface area contributed by atoms with Crippen molar-refractivity contribution in [2.24, 2.45) is 0 Å². The Morgan fingerprint density at radius 2 is 1.81 bits per heavy atom. The Morgan fingerprint density at radius 1 is 1.04 bits per heavy atom. The molecule has 1 fully saturated rings. The molecule has 2 amide bonds. The molecule has 1 aliphatic heterocycles. The van der Waals surface area contributed by atoms with E-state index in [0.717, 1.165) is 12.1 Å². The SMILES string of the molecule is COc1ccc(C(=O)N2CCCN(C(=O)Cc3ccc[nH]3)CC2)c(OC)c1. The molecule has 27 heavy (non-hydrogen) atoms. The van der Waals surface area contributed by atoms with Crippen molar-refractivity contribution in [2.45, 2.75) is 12.8 Å². The summed E-state index contributed by atoms with van der Waals surface area (Å²) in [7, 11) is 3.11. The number of carbonyl (C=O) groups is 2. The number of benzene rings is 1. The molecule has 0 bridgehead atoms. The Hall–Kier alpha value is -2.96. The number of aromatic nitrogens is 1. The molecule has 0 unspecified atom stereocenters. The highest BCUT2D eigenvalue weighted by Gasteiger charge is 2.25. The number of amides is 2. The molecular formula is C20H25N3O4. The number of nitrogens with one attached hydrogen (secondary N) is 1. The fraction of sp³-hybridized carbons (Fsp3) is 0.400. The lowest BCUT2D eigenvalue weighted by Crippen LogP contribution is -2.38. The van der Waals surface area contributed by atoms with Gasteiger partial charge in [-0.1, -0.05) is 0 Å². The molecule has 1 aromatic carbocycles. The second-order valence-electron chi connectivity index (χ2n) is 6.46. The van der Waals surface area contributed by atoms with Gasteiger partial charge < -0.3 is 24.3 Å². The van der Waals surface area contributed by atoms with Crippen molar-refractivity contribution in [3.05, 3.63) is 47.8 Å². The molecule has 7 nitrogen and oxygen atoms in total. The molecular weight excluding hydrogens is 346 g/mol. The monoisotopic (exact) mass is 371 g/mol. The predicted octanol–water partition coefficient (Wildman–Crippen LogP) is 1.95. The van der Waals surface area contributed by atoms with Crippen molar-refractivity contribution in [3.8, 4) is 11.5 Å². The summed E-state index contributed by atoms with van der Waals surface area (Å²) in [5, 5.41) is 0. The number of rotatable bonds is 5. The van der Waals surface area contributed by atoms with Gasteiger partial charge in [0.1, 0.15) is 11.5 Å². The Labute approximate surface area is 158 Å². The number of nitrogens with zero attached hydrogens (tertiary/aromatic N) is 2. The Bertz CT molecular complexity index is 789. The highest BCUT2D eigenvalue weighted by atomic mass is 16.5. The maximum atomic E-state index is 13.0. The molecule has 1 aromatic heterocycles. The van der Waals surface area contributed by atoms with Crippen LogP contribution in [0.5, 0.6) is 11.5 Å². The minimum atomic E-state index is -0.0897. The van der Waals surface area contributed by atoms with Crippen LogP contribution >= 0.6 is 0 Å². The summed E-state index contributed by atoms with van der Waals surface area (Å²) >= 11 is 0. The molecule has 1 saturated heterocycles. The van der Waals surface area contributed by atoms with Crippen LogP contribution in [-0.2, 0) is 11.2 Å². The maximum absolute atomic E-state index is 13.0. The van der Waals surface area contributed by atoms with Gasteiger partial charge in [0.2, 0.25) is 5.91 Å². The molecule has 3 rings (SSSR count). The van der Waals surface area contributed by atoms with E-state index in [0.29, 0.717) is 49.7 Å². The highest BCUT2D eigenvalue weighted by Crippen LogP contribution is 2.26. The number of hydrogen-bond donors (Lipinski definition) is 1. The minimum Gasteiger partial charge on any atom is -0.497 e. The number of hydrogen-bond acceptors (Lipinski definition) is 4. The zero-order valence-electron chi connectivity index (χ0n) is 15.7. The van der Waals surface area contributed by atoms with E-state index >= 15 is 0 Å². The first-order valence-electron chi connectivity index (χ1n) is 9.03. The Kier molecular flexibility index (Phi) is 6.01. The van der Waals surface area contributed by atoms with Crippen molar-refractivity contribution in [1.82, 2.24) is 14.8 Å². The standard InChI is InChI=1S/C20H25N3O4/c1-26-16-6-7-17(18(14-16)27-2)20(25)23-10-4-9-22(11-12-23)19(24)13-15-5-3-8-21-15/h3,5-8,14,21H,4,9-13H2,1-2H3. The first kappa shape index (κ1) is 18.8. The van der Waals surface area contributed by atoms with Crippen LogP contribution < -0.4 is 9.47 Å². The van der Waals surface area contributed by atoms with Gasteiger partial charge in [-0.3, -0.25) is 9.59 Å². The van der Waals surface area contributed by atoms with Gasteiger partial charge in [-0.25, -0.2) is 0 Å². The number of aromatic amines is 1. The molecule has 0 radical (unpaired) electrons. The highest BCUT2D eigenvalue weighted by molar-refractivity contribution is 5.97. The summed E-state index contributed by atoms with van der Waals surface area (Å²) < 4.78 is 10.5. The normalized spacial score (nSPS) is 14.6. The largest absolute Gasteiger partial charge is 0.497 e. The van der Waals surface area contributed by atoms with Crippen LogP contribution in [0.15, 0.2) is 36.5 Å². The first-order chi connectivity index (χ1) is 13.1. The minimum absolute atomic E-state index is 0.0776. The number of ether oxygens (including phenoxy) is 2. The maximum Gasteiger partial charge on any atom is 0.257 e. The van der Waals surface area contributed by atoms with Crippen molar-refractivity contribution < 1.29 is 19.1 Å². The molecule has 0 saturated carbocycles. The molecule has 7 heteroatoms. The summed E-state index contributed by atoms with van der Waals surface area (Å²) in [6.07, 6.45) is 2.92. The quantitative estimate of drug-likeness (QED) is 0.872. The van der Waals surface area contributed by atoms with Crippen LogP contribution in [0.4, 0.5) is 0 Å². The van der Waals surface area contributed by atoms with Crippen molar-refractivity contribution in [3.63, 3.8) is 0 Å². The van der Waals surface area contributed by atoms with E-state index in [1.807, 2.05) is 23.2 Å². The third-order valence-corrected chi connectivity index (χ3v) is 4.78. The Morgan fingerprint density at radius 3 is 2.52 bits per heavy atom. The van der Waals surface area contributed by atoms with Crippen molar-refractivity contribution in [2.75, 3.05) is 40.4 Å². The van der Waals surface area contributed by atoms with E-state index in [2.05, 4.69) is 4.98 Å². The topological polar surface area (TPSA) is 74.9 Å². The fourth-order valence-electron chi connectivity index (χ4n) is 3.27. The van der Waals surface area contributed by atoms with Crippen LogP contribution in [0.25, 0.3) is 0 Å². The van der Waals surface area contributed by atoms with E-state index in [9.17, 15) is 9.59 Å². The third-order valence-electron chi connectivity index (χ3n) is 4.78. The van der Waals surface area contributed by atoms with Crippen LogP contribution in [-0.4, -0.2) is 67.0 Å². The smallest absolute Gasteiger partial charge is 0.257 e. The third kappa shape index (κ3) is 4.42. The molecule has 0 aliphatic carbocycles. The molecule has 0 atom stereocenters. The predicted molar refractivity (Wildman–Crippen MR) is 101 cm³/mol. The van der Waals surface area contributed by atoms with E-state index in [1.165, 1.54) is 7.11 Å². The van der Waals surface area contributed by atoms with Gasteiger partial charge in [0.15, 0.2) is 0 Å². The first-order valence-corrected chi connectivity index (χ1v) is 9.03. The van der Waals surface area contributed by atoms with E-state index in [4.69, 9.17) is 9.47 Å². The van der Waals surface area contributed by atoms with E-state index in [-0.39, 0.29) is 11.8 Å². The van der Waals surface area contributed by atoms with Gasteiger partial charge in [-0.2, -0.15) is 0 Å². The zero-order valence-corrected chi connectivity index (χ0v) is 15.7. The van der Waals surface area contributed by atoms with Crippen molar-refractivity contribution in [1.29, 1.82) is 0 Å². The number of carbonyl (C=O) groups excluding carboxylic acids is 2. The van der Waals surface area contributed by atoms with Crippen LogP contribution in [0.2, 0.25) is 0 Å². The van der Waals surface area contributed by atoms with Gasteiger partial charge in [0, 0.05) is 44.1 Å². The van der Waals surface area contributed by atoms with Crippen LogP contribution in [0.3, 0.4) is 0 Å². The van der Waals surface area contributed by atoms with E-state index < -0.39 is 0 Å². The summed E-state index contributed by atoms with van der Waals surface area (Å²) in [6, 6.07) is 8.96. The van der Waals surface area contributed by atoms with Crippen LogP contribution in [0, 0.1) is 0 Å². The summed E-state index contributed by atoms with van der Waals surface area (Å²) in [6.45, 7) is 2.30. The molecule has 1 aliphatic rings. The lowest BCUT2D eigenvalue weighted by molar-refractivity contribution is -0.130. The molecule has 1 N–H and O–H groups in total. The Balaban J connectivity index is 1.65. The second kappa shape index (κ2) is 8.62. The molecule has 2 aromatic rings. The van der Waals surface area contributed by atoms with Gasteiger partial charge in [0.25, 0.3) is 5.91 Å². The lowest BCUT2D eigenvalue weighted by Gasteiger charge is -2.23. The van der Waals surface area contributed by atoms with E-state index in [1.54, 1.807) is 30.2 Å². The van der Waals surface area contributed by atoms with Gasteiger partial charge in [-0.15, -0.1) is 0 Å². The molecule has 144 valence electrons. The second-order valence-corrected chi connectivity index (χ2v) is 6.46. The zero-order chi connectivity index (χ0) is 19.2. The summed E-state index contributed by atoms with van der Waals surface area (Å²) in [5.41, 5.74) is 1.41. The average Bonchev–Trinajstić information content (AvgIpc) is 3.07. The molecule has 0 spiro atoms. The fourth-order valence-corrected chi connectivity index (χ4v) is 3.27. The van der Waals surface area contributed by atoms with Gasteiger partial charge in [-0.05, 0) is 30.7 Å². The lowest BCUT2D eigenvalue weighted by atomic mass is 10.1. The number of methoxy groups -OCH3 is 2. The summed E-state index contributed by atoms with van der Waals surface area (Å²) in [5.74, 6) is 1.12.